The maximum atomic E-state index is 11.4. The molecular weight excluding hydrogens is 238 g/mol. The van der Waals surface area contributed by atoms with E-state index in [-0.39, 0.29) is 12.4 Å². The van der Waals surface area contributed by atoms with Crippen LogP contribution in [0.4, 0.5) is 5.82 Å². The summed E-state index contributed by atoms with van der Waals surface area (Å²) in [6, 6.07) is 1.52. The molecule has 100 valence electrons. The molecule has 0 saturated heterocycles. The zero-order valence-electron chi connectivity index (χ0n) is 10.2. The highest BCUT2D eigenvalue weighted by atomic mass is 16.5. The molecule has 0 radical (unpaired) electrons. The number of aliphatic hydroxyl groups excluding tert-OH is 1. The Bertz CT molecular complexity index is 403. The van der Waals surface area contributed by atoms with E-state index in [9.17, 15) is 9.59 Å². The van der Waals surface area contributed by atoms with Gasteiger partial charge in [0, 0.05) is 19.2 Å². The van der Waals surface area contributed by atoms with Gasteiger partial charge in [-0.25, -0.2) is 0 Å². The van der Waals surface area contributed by atoms with Crippen LogP contribution in [0.5, 0.6) is 0 Å². The Morgan fingerprint density at radius 3 is 2.72 bits per heavy atom. The number of carbonyl (C=O) groups excluding carboxylic acids is 2. The molecular formula is C11H17N3O4. The minimum atomic E-state index is -0.773. The van der Waals surface area contributed by atoms with Gasteiger partial charge in [-0.3, -0.25) is 14.9 Å². The largest absolute Gasteiger partial charge is 0.396 e. The predicted octanol–water partition coefficient (Wildman–Crippen LogP) is 0.200. The molecule has 0 atom stereocenters. The van der Waals surface area contributed by atoms with Crippen molar-refractivity contribution < 1.29 is 19.2 Å². The molecule has 0 aliphatic rings. The van der Waals surface area contributed by atoms with E-state index in [0.29, 0.717) is 18.7 Å². The Kier molecular flexibility index (Phi) is 5.86. The third-order valence-electron chi connectivity index (χ3n) is 2.20. The minimum absolute atomic E-state index is 0.139. The number of aromatic nitrogens is 1. The molecule has 0 fully saturated rings. The minimum Gasteiger partial charge on any atom is -0.396 e. The summed E-state index contributed by atoms with van der Waals surface area (Å²) < 4.78 is 4.75. The van der Waals surface area contributed by atoms with Crippen LogP contribution >= 0.6 is 0 Å². The second-order valence-corrected chi connectivity index (χ2v) is 3.82. The fourth-order valence-corrected chi connectivity index (χ4v) is 1.29. The Labute approximate surface area is 105 Å². The third kappa shape index (κ3) is 4.96. The summed E-state index contributed by atoms with van der Waals surface area (Å²) >= 11 is 0. The van der Waals surface area contributed by atoms with Gasteiger partial charge in [0.05, 0.1) is 0 Å². The molecule has 0 unspecified atom stereocenters. The van der Waals surface area contributed by atoms with Crippen molar-refractivity contribution in [2.45, 2.75) is 26.2 Å². The van der Waals surface area contributed by atoms with Gasteiger partial charge in [-0.2, -0.15) is 0 Å². The number of hydrogen-bond donors (Lipinski definition) is 3. The average molecular weight is 255 g/mol. The molecule has 1 aromatic heterocycles. The van der Waals surface area contributed by atoms with Crippen molar-refractivity contribution in [1.29, 1.82) is 0 Å². The van der Waals surface area contributed by atoms with E-state index in [4.69, 9.17) is 9.63 Å². The molecule has 7 heteroatoms. The van der Waals surface area contributed by atoms with E-state index < -0.39 is 11.8 Å². The van der Waals surface area contributed by atoms with Gasteiger partial charge in [0.15, 0.2) is 5.82 Å². The molecule has 0 saturated carbocycles. The van der Waals surface area contributed by atoms with E-state index in [1.807, 2.05) is 0 Å². The number of aryl methyl sites for hydroxylation is 1. The average Bonchev–Trinajstić information content (AvgIpc) is 2.74. The maximum absolute atomic E-state index is 11.4. The van der Waals surface area contributed by atoms with Gasteiger partial charge in [0.25, 0.3) is 0 Å². The zero-order chi connectivity index (χ0) is 13.4. The fourth-order valence-electron chi connectivity index (χ4n) is 1.29. The first-order valence-corrected chi connectivity index (χ1v) is 5.77. The van der Waals surface area contributed by atoms with Crippen molar-refractivity contribution in [1.82, 2.24) is 10.5 Å². The lowest BCUT2D eigenvalue weighted by Crippen LogP contribution is -2.36. The fraction of sp³-hybridized carbons (Fsp3) is 0.545. The Morgan fingerprint density at radius 1 is 1.33 bits per heavy atom. The van der Waals surface area contributed by atoms with E-state index in [1.165, 1.54) is 6.07 Å². The molecule has 1 aromatic rings. The van der Waals surface area contributed by atoms with Gasteiger partial charge >= 0.3 is 11.8 Å². The molecule has 0 aliphatic carbocycles. The molecule has 1 heterocycles. The first-order chi connectivity index (χ1) is 8.63. The van der Waals surface area contributed by atoms with Crippen LogP contribution in [-0.2, 0) is 9.59 Å². The van der Waals surface area contributed by atoms with Crippen LogP contribution in [0.3, 0.4) is 0 Å². The first-order valence-electron chi connectivity index (χ1n) is 5.77. The third-order valence-corrected chi connectivity index (χ3v) is 2.20. The SMILES string of the molecule is Cc1cc(NC(=O)C(=O)NCCCCCO)no1. The Morgan fingerprint density at radius 2 is 2.11 bits per heavy atom. The predicted molar refractivity (Wildman–Crippen MR) is 63.8 cm³/mol. The number of anilines is 1. The molecule has 0 aromatic carbocycles. The summed E-state index contributed by atoms with van der Waals surface area (Å²) in [4.78, 5) is 22.8. The van der Waals surface area contributed by atoms with E-state index >= 15 is 0 Å². The van der Waals surface area contributed by atoms with Crippen molar-refractivity contribution in [3.8, 4) is 0 Å². The molecule has 7 nitrogen and oxygen atoms in total. The number of carbonyl (C=O) groups is 2. The van der Waals surface area contributed by atoms with Crippen molar-refractivity contribution >= 4 is 17.6 Å². The molecule has 3 N–H and O–H groups in total. The number of aliphatic hydroxyl groups is 1. The molecule has 18 heavy (non-hydrogen) atoms. The topological polar surface area (TPSA) is 104 Å². The van der Waals surface area contributed by atoms with Gasteiger partial charge in [0.1, 0.15) is 5.76 Å². The summed E-state index contributed by atoms with van der Waals surface area (Å²) in [5.74, 6) is -0.715. The standard InChI is InChI=1S/C11H17N3O4/c1-8-7-9(14-18-8)13-11(17)10(16)12-5-3-2-4-6-15/h7,15H,2-6H2,1H3,(H,12,16)(H,13,14,17). The quantitative estimate of drug-likeness (QED) is 0.497. The van der Waals surface area contributed by atoms with Crippen LogP contribution in [0.15, 0.2) is 10.6 Å². The molecule has 1 rings (SSSR count). The van der Waals surface area contributed by atoms with Gasteiger partial charge in [-0.05, 0) is 26.2 Å². The van der Waals surface area contributed by atoms with E-state index in [0.717, 1.165) is 12.8 Å². The lowest BCUT2D eigenvalue weighted by molar-refractivity contribution is -0.136. The number of hydrogen-bond acceptors (Lipinski definition) is 5. The zero-order valence-corrected chi connectivity index (χ0v) is 10.2. The second-order valence-electron chi connectivity index (χ2n) is 3.82. The second kappa shape index (κ2) is 7.44. The van der Waals surface area contributed by atoms with Crippen molar-refractivity contribution in [2.75, 3.05) is 18.5 Å². The van der Waals surface area contributed by atoms with Crippen LogP contribution in [0.2, 0.25) is 0 Å². The number of unbranched alkanes of at least 4 members (excludes halogenated alkanes) is 2. The summed E-state index contributed by atoms with van der Waals surface area (Å²) in [7, 11) is 0. The number of nitrogens with zero attached hydrogens (tertiary/aromatic N) is 1. The van der Waals surface area contributed by atoms with Gasteiger partial charge in [-0.1, -0.05) is 5.16 Å². The smallest absolute Gasteiger partial charge is 0.314 e. The lowest BCUT2D eigenvalue weighted by Gasteiger charge is -2.03. The molecule has 2 amide bonds. The number of rotatable bonds is 6. The van der Waals surface area contributed by atoms with Gasteiger partial charge in [-0.15, -0.1) is 0 Å². The highest BCUT2D eigenvalue weighted by Crippen LogP contribution is 2.06. The van der Waals surface area contributed by atoms with Crippen molar-refractivity contribution in [3.63, 3.8) is 0 Å². The number of nitrogens with one attached hydrogen (secondary N) is 2. The molecule has 0 aliphatic heterocycles. The monoisotopic (exact) mass is 255 g/mol. The number of amides is 2. The van der Waals surface area contributed by atoms with Gasteiger partial charge in [0.2, 0.25) is 0 Å². The van der Waals surface area contributed by atoms with Crippen molar-refractivity contribution in [2.24, 2.45) is 0 Å². The lowest BCUT2D eigenvalue weighted by atomic mass is 10.2. The summed E-state index contributed by atoms with van der Waals surface area (Å²) in [5.41, 5.74) is 0. The van der Waals surface area contributed by atoms with Crippen LogP contribution < -0.4 is 10.6 Å². The summed E-state index contributed by atoms with van der Waals surface area (Å²) in [6.45, 7) is 2.23. The van der Waals surface area contributed by atoms with E-state index in [1.54, 1.807) is 6.92 Å². The van der Waals surface area contributed by atoms with Crippen LogP contribution in [0.25, 0.3) is 0 Å². The van der Waals surface area contributed by atoms with Crippen LogP contribution in [0, 0.1) is 6.92 Å². The molecule has 0 bridgehead atoms. The first kappa shape index (κ1) is 14.2. The summed E-state index contributed by atoms with van der Waals surface area (Å²) in [5, 5.41) is 16.9. The maximum Gasteiger partial charge on any atom is 0.314 e. The Balaban J connectivity index is 2.23. The van der Waals surface area contributed by atoms with Crippen molar-refractivity contribution in [3.05, 3.63) is 11.8 Å². The Hall–Kier alpha value is -1.89. The normalized spacial score (nSPS) is 10.1. The highest BCUT2D eigenvalue weighted by molar-refractivity contribution is 6.39. The molecule has 0 spiro atoms. The van der Waals surface area contributed by atoms with Crippen LogP contribution in [0.1, 0.15) is 25.0 Å². The highest BCUT2D eigenvalue weighted by Gasteiger charge is 2.14. The van der Waals surface area contributed by atoms with E-state index in [2.05, 4.69) is 15.8 Å². The van der Waals surface area contributed by atoms with Gasteiger partial charge < -0.3 is 14.9 Å². The summed E-state index contributed by atoms with van der Waals surface area (Å²) in [6.07, 6.45) is 2.23. The van der Waals surface area contributed by atoms with Crippen LogP contribution in [-0.4, -0.2) is 35.2 Å².